The maximum atomic E-state index is 11.7. The molecule has 0 unspecified atom stereocenters. The van der Waals surface area contributed by atoms with Crippen LogP contribution in [0.3, 0.4) is 0 Å². The zero-order valence-corrected chi connectivity index (χ0v) is 11.2. The standard InChI is InChI=1S/C12H16ClNOS/c1-4-5-10-6-11(16-9(10)3)12(15)14-7-8(2)13/h6H,2,4-5,7H2,1,3H3,(H,14,15). The molecule has 1 N–H and O–H groups in total. The molecule has 0 saturated heterocycles. The van der Waals surface area contributed by atoms with E-state index in [0.29, 0.717) is 11.6 Å². The van der Waals surface area contributed by atoms with E-state index in [-0.39, 0.29) is 5.91 Å². The van der Waals surface area contributed by atoms with Crippen LogP contribution in [0, 0.1) is 6.92 Å². The molecule has 1 amide bonds. The Morgan fingerprint density at radius 1 is 1.62 bits per heavy atom. The molecular formula is C12H16ClNOS. The maximum absolute atomic E-state index is 11.7. The van der Waals surface area contributed by atoms with Crippen molar-refractivity contribution in [2.45, 2.75) is 26.7 Å². The summed E-state index contributed by atoms with van der Waals surface area (Å²) in [5.41, 5.74) is 1.27. The average Bonchev–Trinajstić information content (AvgIpc) is 2.57. The second-order valence-electron chi connectivity index (χ2n) is 3.64. The summed E-state index contributed by atoms with van der Waals surface area (Å²) in [6.45, 7) is 8.03. The van der Waals surface area contributed by atoms with Gasteiger partial charge in [-0.1, -0.05) is 31.5 Å². The number of hydrogen-bond acceptors (Lipinski definition) is 2. The number of halogens is 1. The molecule has 0 aromatic carbocycles. The van der Waals surface area contributed by atoms with Gasteiger partial charge in [-0.15, -0.1) is 11.3 Å². The van der Waals surface area contributed by atoms with Gasteiger partial charge < -0.3 is 5.32 Å². The summed E-state index contributed by atoms with van der Waals surface area (Å²) in [5, 5.41) is 3.16. The van der Waals surface area contributed by atoms with E-state index in [1.807, 2.05) is 13.0 Å². The minimum Gasteiger partial charge on any atom is -0.346 e. The average molecular weight is 258 g/mol. The van der Waals surface area contributed by atoms with Crippen LogP contribution >= 0.6 is 22.9 Å². The fourth-order valence-electron chi connectivity index (χ4n) is 1.41. The summed E-state index contributed by atoms with van der Waals surface area (Å²) >= 11 is 7.12. The van der Waals surface area contributed by atoms with Crippen LogP contribution < -0.4 is 5.32 Å². The number of rotatable bonds is 5. The van der Waals surface area contributed by atoms with Gasteiger partial charge in [0.2, 0.25) is 0 Å². The molecule has 0 aliphatic rings. The highest BCUT2D eigenvalue weighted by Gasteiger charge is 2.11. The van der Waals surface area contributed by atoms with Crippen molar-refractivity contribution < 1.29 is 4.79 Å². The topological polar surface area (TPSA) is 29.1 Å². The molecule has 16 heavy (non-hydrogen) atoms. The van der Waals surface area contributed by atoms with Crippen LogP contribution in [0.4, 0.5) is 0 Å². The van der Waals surface area contributed by atoms with E-state index < -0.39 is 0 Å². The van der Waals surface area contributed by atoms with Gasteiger partial charge in [0.1, 0.15) is 0 Å². The third kappa shape index (κ3) is 3.65. The van der Waals surface area contributed by atoms with E-state index in [0.717, 1.165) is 17.7 Å². The Labute approximate surface area is 105 Å². The van der Waals surface area contributed by atoms with Gasteiger partial charge in [0.25, 0.3) is 5.91 Å². The zero-order valence-electron chi connectivity index (χ0n) is 9.60. The van der Waals surface area contributed by atoms with Gasteiger partial charge in [0, 0.05) is 9.91 Å². The summed E-state index contributed by atoms with van der Waals surface area (Å²) in [7, 11) is 0. The highest BCUT2D eigenvalue weighted by molar-refractivity contribution is 7.14. The summed E-state index contributed by atoms with van der Waals surface area (Å²) in [6, 6.07) is 1.97. The van der Waals surface area contributed by atoms with Crippen molar-refractivity contribution in [2.75, 3.05) is 6.54 Å². The minimum absolute atomic E-state index is 0.0720. The molecule has 0 saturated carbocycles. The van der Waals surface area contributed by atoms with E-state index >= 15 is 0 Å². The van der Waals surface area contributed by atoms with Crippen molar-refractivity contribution in [2.24, 2.45) is 0 Å². The van der Waals surface area contributed by atoms with Gasteiger partial charge in [-0.05, 0) is 25.0 Å². The first kappa shape index (κ1) is 13.3. The molecule has 88 valence electrons. The molecule has 0 aliphatic heterocycles. The number of nitrogens with one attached hydrogen (secondary N) is 1. The third-order valence-corrected chi connectivity index (χ3v) is 3.43. The first-order valence-corrected chi connectivity index (χ1v) is 6.44. The molecule has 0 atom stereocenters. The molecule has 0 spiro atoms. The van der Waals surface area contributed by atoms with Crippen LogP contribution in [-0.4, -0.2) is 12.5 Å². The van der Waals surface area contributed by atoms with Crippen LogP contribution in [0.15, 0.2) is 17.7 Å². The lowest BCUT2D eigenvalue weighted by atomic mass is 10.1. The lowest BCUT2D eigenvalue weighted by Crippen LogP contribution is -2.23. The summed E-state index contributed by atoms with van der Waals surface area (Å²) < 4.78 is 0. The van der Waals surface area contributed by atoms with Gasteiger partial charge >= 0.3 is 0 Å². The predicted octanol–water partition coefficient (Wildman–Crippen LogP) is 3.49. The third-order valence-electron chi connectivity index (χ3n) is 2.20. The Bertz CT molecular complexity index is 398. The summed E-state index contributed by atoms with van der Waals surface area (Å²) in [4.78, 5) is 13.7. The summed E-state index contributed by atoms with van der Waals surface area (Å²) in [6.07, 6.45) is 2.12. The number of carbonyl (C=O) groups is 1. The minimum atomic E-state index is -0.0720. The quantitative estimate of drug-likeness (QED) is 0.860. The van der Waals surface area contributed by atoms with E-state index in [1.165, 1.54) is 21.8 Å². The maximum Gasteiger partial charge on any atom is 0.261 e. The Hall–Kier alpha value is -0.800. The molecule has 1 aromatic heterocycles. The highest BCUT2D eigenvalue weighted by atomic mass is 35.5. The molecule has 1 heterocycles. The van der Waals surface area contributed by atoms with Crippen molar-refractivity contribution in [1.82, 2.24) is 5.32 Å². The summed E-state index contributed by atoms with van der Waals surface area (Å²) in [5.74, 6) is -0.0720. The molecule has 0 fully saturated rings. The predicted molar refractivity (Wildman–Crippen MR) is 70.4 cm³/mol. The van der Waals surface area contributed by atoms with Crippen LogP contribution in [0.5, 0.6) is 0 Å². The van der Waals surface area contributed by atoms with Gasteiger partial charge in [0.15, 0.2) is 0 Å². The van der Waals surface area contributed by atoms with Gasteiger partial charge in [-0.3, -0.25) is 4.79 Å². The number of aryl methyl sites for hydroxylation is 2. The first-order valence-electron chi connectivity index (χ1n) is 5.25. The number of carbonyl (C=O) groups excluding carboxylic acids is 1. The number of hydrogen-bond donors (Lipinski definition) is 1. The SMILES string of the molecule is C=C(Cl)CNC(=O)c1cc(CCC)c(C)s1. The van der Waals surface area contributed by atoms with Crippen molar-refractivity contribution in [3.05, 3.63) is 33.0 Å². The molecular weight excluding hydrogens is 242 g/mol. The largest absolute Gasteiger partial charge is 0.346 e. The van der Waals surface area contributed by atoms with Crippen molar-refractivity contribution in [1.29, 1.82) is 0 Å². The molecule has 1 rings (SSSR count). The second-order valence-corrected chi connectivity index (χ2v) is 5.43. The van der Waals surface area contributed by atoms with Crippen LogP contribution in [0.1, 0.15) is 33.5 Å². The van der Waals surface area contributed by atoms with E-state index in [4.69, 9.17) is 11.6 Å². The molecule has 4 heteroatoms. The molecule has 0 radical (unpaired) electrons. The zero-order chi connectivity index (χ0) is 12.1. The first-order chi connectivity index (χ1) is 7.54. The monoisotopic (exact) mass is 257 g/mol. The van der Waals surface area contributed by atoms with Crippen molar-refractivity contribution >= 4 is 28.8 Å². The van der Waals surface area contributed by atoms with Crippen LogP contribution in [-0.2, 0) is 6.42 Å². The van der Waals surface area contributed by atoms with E-state index in [2.05, 4.69) is 18.8 Å². The van der Waals surface area contributed by atoms with Crippen molar-refractivity contribution in [3.8, 4) is 0 Å². The Kier molecular flexibility index (Phi) is 5.03. The smallest absolute Gasteiger partial charge is 0.261 e. The fraction of sp³-hybridized carbons (Fsp3) is 0.417. The number of amides is 1. The number of thiophene rings is 1. The lowest BCUT2D eigenvalue weighted by molar-refractivity contribution is 0.0961. The Morgan fingerprint density at radius 2 is 2.31 bits per heavy atom. The molecule has 0 aliphatic carbocycles. The Balaban J connectivity index is 2.69. The van der Waals surface area contributed by atoms with Gasteiger partial charge in [-0.25, -0.2) is 0 Å². The second kappa shape index (κ2) is 6.06. The van der Waals surface area contributed by atoms with Crippen LogP contribution in [0.2, 0.25) is 0 Å². The lowest BCUT2D eigenvalue weighted by Gasteiger charge is -2.00. The highest BCUT2D eigenvalue weighted by Crippen LogP contribution is 2.22. The normalized spacial score (nSPS) is 10.2. The van der Waals surface area contributed by atoms with E-state index in [9.17, 15) is 4.79 Å². The molecule has 1 aromatic rings. The van der Waals surface area contributed by atoms with E-state index in [1.54, 1.807) is 0 Å². The Morgan fingerprint density at radius 3 is 2.88 bits per heavy atom. The van der Waals surface area contributed by atoms with Gasteiger partial charge in [-0.2, -0.15) is 0 Å². The molecule has 2 nitrogen and oxygen atoms in total. The fourth-order valence-corrected chi connectivity index (χ4v) is 2.47. The molecule has 0 bridgehead atoms. The van der Waals surface area contributed by atoms with Crippen LogP contribution in [0.25, 0.3) is 0 Å². The van der Waals surface area contributed by atoms with Crippen molar-refractivity contribution in [3.63, 3.8) is 0 Å². The van der Waals surface area contributed by atoms with Gasteiger partial charge in [0.05, 0.1) is 11.4 Å².